The minimum atomic E-state index is -5.37. The summed E-state index contributed by atoms with van der Waals surface area (Å²) in [6.07, 6.45) is -21.1. The highest BCUT2D eigenvalue weighted by atomic mass is 19.4. The number of hydrogen-bond donors (Lipinski definition) is 0. The number of furan rings is 2. The fraction of sp³-hybridized carbons (Fsp3) is 0.100. The highest BCUT2D eigenvalue weighted by molar-refractivity contribution is 6.29. The second-order valence-corrected chi connectivity index (χ2v) is 12.5. The van der Waals surface area contributed by atoms with E-state index in [1.807, 2.05) is 0 Å². The maximum atomic E-state index is 14.5. The van der Waals surface area contributed by atoms with Gasteiger partial charge in [0.25, 0.3) is 0 Å². The Morgan fingerprint density at radius 1 is 0.414 bits per heavy atom. The molecule has 0 N–H and O–H groups in total. The van der Waals surface area contributed by atoms with Crippen LogP contribution in [0.4, 0.5) is 52.7 Å². The Kier molecular flexibility index (Phi) is 8.75. The van der Waals surface area contributed by atoms with Gasteiger partial charge in [0.15, 0.2) is 22.0 Å². The number of hydrogen-bond acceptors (Lipinski definition) is 6. The number of nitrogens with zero attached hydrogens (tertiary/aromatic N) is 4. The molecule has 0 fully saturated rings. The van der Waals surface area contributed by atoms with Crippen LogP contribution in [0.2, 0.25) is 0 Å². The summed E-state index contributed by atoms with van der Waals surface area (Å²) >= 11 is 0. The van der Waals surface area contributed by atoms with Crippen molar-refractivity contribution in [1.82, 2.24) is 0 Å². The summed E-state index contributed by atoms with van der Waals surface area (Å²) in [7, 11) is 0. The first-order valence-corrected chi connectivity index (χ1v) is 15.9. The van der Waals surface area contributed by atoms with Crippen LogP contribution in [0.1, 0.15) is 22.3 Å². The first kappa shape index (κ1) is 38.8. The quantitative estimate of drug-likeness (QED) is 0.127. The zero-order chi connectivity index (χ0) is 42.3. The van der Waals surface area contributed by atoms with Crippen molar-refractivity contribution in [2.24, 2.45) is 0 Å². The zero-order valence-electron chi connectivity index (χ0n) is 28.1. The molecule has 7 aromatic rings. The van der Waals surface area contributed by atoms with E-state index in [1.54, 1.807) is 24.3 Å². The Bertz CT molecular complexity index is 2980. The molecule has 2 heterocycles. The largest absolute Gasteiger partial charge is 0.454 e. The first-order valence-electron chi connectivity index (χ1n) is 15.9. The van der Waals surface area contributed by atoms with Crippen molar-refractivity contribution in [1.29, 1.82) is 21.0 Å². The summed E-state index contributed by atoms with van der Waals surface area (Å²) in [6, 6.07) is 14.9. The maximum absolute atomic E-state index is 14.5. The number of halogens is 12. The van der Waals surface area contributed by atoms with Gasteiger partial charge in [0, 0.05) is 32.7 Å². The molecule has 6 nitrogen and oxygen atoms in total. The predicted molar refractivity (Wildman–Crippen MR) is 180 cm³/mol. The average molecular weight is 809 g/mol. The number of benzene rings is 5. The Morgan fingerprint density at radius 3 is 1.05 bits per heavy atom. The first-order chi connectivity index (χ1) is 27.1. The van der Waals surface area contributed by atoms with Gasteiger partial charge in [0.1, 0.15) is 35.4 Å². The monoisotopic (exact) mass is 808 g/mol. The van der Waals surface area contributed by atoms with Gasteiger partial charge in [-0.1, -0.05) is 24.3 Å². The molecule has 0 radical (unpaired) electrons. The van der Waals surface area contributed by atoms with Crippen molar-refractivity contribution >= 4 is 54.6 Å². The summed E-state index contributed by atoms with van der Waals surface area (Å²) < 4.78 is 180. The predicted octanol–water partition coefficient (Wildman–Crippen LogP) is 11.3. The van der Waals surface area contributed by atoms with Crippen LogP contribution in [-0.2, 0) is 24.7 Å². The molecule has 58 heavy (non-hydrogen) atoms. The molecule has 5 aromatic carbocycles. The molecular weight excluding hydrogens is 796 g/mol. The third-order valence-corrected chi connectivity index (χ3v) is 9.19. The van der Waals surface area contributed by atoms with Gasteiger partial charge in [-0.25, -0.2) is 0 Å². The molecule has 0 saturated heterocycles. The van der Waals surface area contributed by atoms with Crippen molar-refractivity contribution in [3.05, 3.63) is 106 Å². The van der Waals surface area contributed by atoms with E-state index in [-0.39, 0.29) is 44.5 Å². The summed E-state index contributed by atoms with van der Waals surface area (Å²) in [5.74, 6) is 0. The topological polar surface area (TPSA) is 121 Å². The molecule has 0 aliphatic heterocycles. The van der Waals surface area contributed by atoms with E-state index in [2.05, 4.69) is 0 Å². The fourth-order valence-electron chi connectivity index (χ4n) is 6.75. The molecule has 0 bridgehead atoms. The Morgan fingerprint density at radius 2 is 0.759 bits per heavy atom. The highest BCUT2D eigenvalue weighted by Gasteiger charge is 2.40. The van der Waals surface area contributed by atoms with Crippen molar-refractivity contribution < 1.29 is 61.5 Å². The lowest BCUT2D eigenvalue weighted by Crippen LogP contribution is -2.12. The molecule has 288 valence electrons. The standard InChI is InChI=1S/C40H12F12N4O2/c41-37(42,43)21-3-5-23(29(9-21)39(47,48)49)25-7-17-1-2-18-8-26(24-6-4-22(38(44,45)46)10-30(24)40(50,51)52)36-28(12-32(58-36)20(15-55)16-56)34(18)33(17)27-11-31(57-35(25)27)19(13-53)14-54/h1-12H. The van der Waals surface area contributed by atoms with Crippen LogP contribution in [0.5, 0.6) is 0 Å². The second kappa shape index (κ2) is 13.1. The van der Waals surface area contributed by atoms with E-state index in [9.17, 15) is 73.7 Å². The minimum Gasteiger partial charge on any atom is -0.454 e. The molecule has 2 aromatic heterocycles. The smallest absolute Gasteiger partial charge is 0.417 e. The molecule has 0 saturated carbocycles. The van der Waals surface area contributed by atoms with E-state index in [4.69, 9.17) is 8.83 Å². The summed E-state index contributed by atoms with van der Waals surface area (Å²) in [4.78, 5) is 0. The number of alkyl halides is 12. The SMILES string of the molecule is N#CC(C#N)=c1cc2c(o1)c(-c1ccc(C(F)(F)F)cc1C(F)(F)F)cc1ccc3cc(-c4ccc(C(F)(F)F)cc4C(F)(F)F)c4oc(=C(C#N)C#N)cc4c3c12. The summed E-state index contributed by atoms with van der Waals surface area (Å²) in [6.45, 7) is 0. The molecule has 0 atom stereocenters. The molecule has 0 amide bonds. The lowest BCUT2D eigenvalue weighted by atomic mass is 9.88. The van der Waals surface area contributed by atoms with Gasteiger partial charge < -0.3 is 8.83 Å². The van der Waals surface area contributed by atoms with Crippen LogP contribution in [-0.4, -0.2) is 0 Å². The van der Waals surface area contributed by atoms with E-state index in [0.717, 1.165) is 24.3 Å². The molecule has 0 unspecified atom stereocenters. The Labute approximate surface area is 314 Å². The minimum absolute atomic E-state index is 0.0183. The van der Waals surface area contributed by atoms with Crippen LogP contribution >= 0.6 is 0 Å². The highest BCUT2D eigenvalue weighted by Crippen LogP contribution is 2.48. The van der Waals surface area contributed by atoms with Gasteiger partial charge in [0.05, 0.1) is 22.3 Å². The summed E-state index contributed by atoms with van der Waals surface area (Å²) in [5, 5.41) is 38.3. The van der Waals surface area contributed by atoms with Gasteiger partial charge in [0.2, 0.25) is 0 Å². The van der Waals surface area contributed by atoms with Crippen LogP contribution < -0.4 is 10.8 Å². The van der Waals surface area contributed by atoms with Crippen molar-refractivity contribution in [2.75, 3.05) is 0 Å². The van der Waals surface area contributed by atoms with Crippen LogP contribution in [0.25, 0.3) is 76.9 Å². The fourth-order valence-corrected chi connectivity index (χ4v) is 6.75. The molecule has 0 spiro atoms. The van der Waals surface area contributed by atoms with Crippen molar-refractivity contribution in [3.8, 4) is 46.5 Å². The lowest BCUT2D eigenvalue weighted by molar-refractivity contribution is -0.144. The van der Waals surface area contributed by atoms with E-state index in [0.29, 0.717) is 24.3 Å². The second-order valence-electron chi connectivity index (χ2n) is 12.5. The normalized spacial score (nSPS) is 12.4. The molecular formula is C40H12F12N4O2. The van der Waals surface area contributed by atoms with Crippen molar-refractivity contribution in [3.63, 3.8) is 0 Å². The molecule has 18 heteroatoms. The van der Waals surface area contributed by atoms with E-state index < -0.39 is 102 Å². The number of fused-ring (bicyclic) bond motifs is 7. The molecule has 0 aliphatic rings. The van der Waals surface area contributed by atoms with Gasteiger partial charge in [-0.3, -0.25) is 0 Å². The van der Waals surface area contributed by atoms with E-state index >= 15 is 0 Å². The summed E-state index contributed by atoms with van der Waals surface area (Å²) in [5.41, 5.74) is -12.5. The van der Waals surface area contributed by atoms with Gasteiger partial charge in [-0.2, -0.15) is 73.7 Å². The molecule has 0 aliphatic carbocycles. The van der Waals surface area contributed by atoms with Crippen molar-refractivity contribution in [2.45, 2.75) is 24.7 Å². The van der Waals surface area contributed by atoms with Crippen LogP contribution in [0.3, 0.4) is 0 Å². The average Bonchev–Trinajstić information content (AvgIpc) is 3.79. The third-order valence-electron chi connectivity index (χ3n) is 9.19. The Balaban J connectivity index is 1.70. The van der Waals surface area contributed by atoms with Gasteiger partial charge in [-0.05, 0) is 70.4 Å². The van der Waals surface area contributed by atoms with Crippen LogP contribution in [0.15, 0.2) is 81.6 Å². The van der Waals surface area contributed by atoms with Crippen LogP contribution in [0, 0.1) is 45.3 Å². The third kappa shape index (κ3) is 6.35. The number of nitriles is 4. The molecule has 7 rings (SSSR count). The Hall–Kier alpha value is -7.44. The zero-order valence-corrected chi connectivity index (χ0v) is 28.1. The maximum Gasteiger partial charge on any atom is 0.417 e. The number of rotatable bonds is 2. The van der Waals surface area contributed by atoms with E-state index in [1.165, 1.54) is 12.1 Å². The lowest BCUT2D eigenvalue weighted by Gasteiger charge is -2.18. The van der Waals surface area contributed by atoms with Gasteiger partial charge in [-0.15, -0.1) is 0 Å². The van der Waals surface area contributed by atoms with Gasteiger partial charge >= 0.3 is 24.7 Å².